The van der Waals surface area contributed by atoms with Gasteiger partial charge in [-0.1, -0.05) is 41.9 Å². The first kappa shape index (κ1) is 15.5. The van der Waals surface area contributed by atoms with E-state index in [4.69, 9.17) is 4.74 Å². The lowest BCUT2D eigenvalue weighted by atomic mass is 10.1. The Bertz CT molecular complexity index is 331. The van der Waals surface area contributed by atoms with Gasteiger partial charge in [-0.15, -0.1) is 0 Å². The number of hydrogen-bond donors (Lipinski definition) is 1. The zero-order chi connectivity index (χ0) is 13.5. The third-order valence-corrected chi connectivity index (χ3v) is 2.91. The highest BCUT2D eigenvalue weighted by molar-refractivity contribution is 9.10. The summed E-state index contributed by atoms with van der Waals surface area (Å²) in [5.41, 5.74) is 0.895. The highest BCUT2D eigenvalue weighted by Gasteiger charge is 2.15. The Labute approximate surface area is 115 Å². The maximum Gasteiger partial charge on any atom is 0.261 e. The molecule has 0 aliphatic heterocycles. The molecule has 1 aromatic rings. The summed E-state index contributed by atoms with van der Waals surface area (Å²) in [7, 11) is 0. The number of halogens is 3. The first-order valence-electron chi connectivity index (χ1n) is 5.87. The van der Waals surface area contributed by atoms with Gasteiger partial charge in [0.15, 0.2) is 0 Å². The van der Waals surface area contributed by atoms with E-state index in [1.807, 2.05) is 38.1 Å². The number of benzene rings is 1. The molecular weight excluding hydrogens is 304 g/mol. The fraction of sp³-hybridized carbons (Fsp3) is 0.538. The third kappa shape index (κ3) is 5.89. The van der Waals surface area contributed by atoms with Crippen molar-refractivity contribution in [2.75, 3.05) is 13.2 Å². The van der Waals surface area contributed by atoms with Crippen molar-refractivity contribution in [1.82, 2.24) is 5.32 Å². The van der Waals surface area contributed by atoms with Crippen LogP contribution in [-0.4, -0.2) is 25.6 Å². The van der Waals surface area contributed by atoms with E-state index in [1.165, 1.54) is 0 Å². The van der Waals surface area contributed by atoms with Crippen LogP contribution >= 0.6 is 15.9 Å². The average Bonchev–Trinajstić information content (AvgIpc) is 2.30. The van der Waals surface area contributed by atoms with Crippen LogP contribution in [0.25, 0.3) is 0 Å². The summed E-state index contributed by atoms with van der Waals surface area (Å²) in [5, 5.41) is 3.20. The molecule has 0 saturated carbocycles. The van der Waals surface area contributed by atoms with Crippen LogP contribution in [0.2, 0.25) is 0 Å². The molecule has 0 fully saturated rings. The fourth-order valence-electron chi connectivity index (χ4n) is 1.48. The Morgan fingerprint density at radius 3 is 2.33 bits per heavy atom. The molecule has 0 aliphatic carbocycles. The van der Waals surface area contributed by atoms with Crippen molar-refractivity contribution in [3.05, 3.63) is 34.3 Å². The Balaban J connectivity index is 2.66. The van der Waals surface area contributed by atoms with E-state index in [1.54, 1.807) is 0 Å². The molecule has 0 aromatic heterocycles. The Morgan fingerprint density at radius 2 is 1.83 bits per heavy atom. The highest BCUT2D eigenvalue weighted by Crippen LogP contribution is 2.20. The van der Waals surface area contributed by atoms with Gasteiger partial charge in [0.05, 0.1) is 6.10 Å². The quantitative estimate of drug-likeness (QED) is 0.825. The van der Waals surface area contributed by atoms with Gasteiger partial charge in [-0.25, -0.2) is 8.78 Å². The topological polar surface area (TPSA) is 21.3 Å². The SMILES string of the molecule is CC(C)NCC(OCC(F)F)c1ccc(Br)cc1. The smallest absolute Gasteiger partial charge is 0.261 e. The molecule has 5 heteroatoms. The molecule has 0 saturated heterocycles. The van der Waals surface area contributed by atoms with E-state index in [-0.39, 0.29) is 12.1 Å². The zero-order valence-corrected chi connectivity index (χ0v) is 12.1. The molecule has 0 aliphatic rings. The number of rotatable bonds is 7. The lowest BCUT2D eigenvalue weighted by Gasteiger charge is -2.20. The van der Waals surface area contributed by atoms with Crippen molar-refractivity contribution in [3.8, 4) is 0 Å². The minimum atomic E-state index is -2.44. The Kier molecular flexibility index (Phi) is 6.75. The predicted octanol–water partition coefficient (Wildman–Crippen LogP) is 3.77. The van der Waals surface area contributed by atoms with E-state index in [9.17, 15) is 8.78 Å². The summed E-state index contributed by atoms with van der Waals surface area (Å²) in [6.45, 7) is 3.99. The zero-order valence-electron chi connectivity index (χ0n) is 10.5. The van der Waals surface area contributed by atoms with Crippen LogP contribution in [-0.2, 0) is 4.74 Å². The molecule has 1 rings (SSSR count). The van der Waals surface area contributed by atoms with Gasteiger partial charge >= 0.3 is 0 Å². The molecule has 1 unspecified atom stereocenters. The lowest BCUT2D eigenvalue weighted by molar-refractivity contribution is -0.0251. The molecule has 0 radical (unpaired) electrons. The van der Waals surface area contributed by atoms with Gasteiger partial charge in [-0.3, -0.25) is 0 Å². The normalized spacial score (nSPS) is 13.3. The van der Waals surface area contributed by atoms with Crippen molar-refractivity contribution in [2.45, 2.75) is 32.4 Å². The minimum Gasteiger partial charge on any atom is -0.366 e. The summed E-state index contributed by atoms with van der Waals surface area (Å²) < 4.78 is 30.6. The number of nitrogens with one attached hydrogen (secondary N) is 1. The molecule has 18 heavy (non-hydrogen) atoms. The standard InChI is InChI=1S/C13H18BrF2NO/c1-9(2)17-7-12(18-8-13(15)16)10-3-5-11(14)6-4-10/h3-6,9,12-13,17H,7-8H2,1-2H3. The van der Waals surface area contributed by atoms with Gasteiger partial charge in [0.1, 0.15) is 6.61 Å². The summed E-state index contributed by atoms with van der Waals surface area (Å²) >= 11 is 3.34. The van der Waals surface area contributed by atoms with Crippen LogP contribution in [0.4, 0.5) is 8.78 Å². The molecule has 0 spiro atoms. The van der Waals surface area contributed by atoms with Gasteiger partial charge in [0.2, 0.25) is 0 Å². The highest BCUT2D eigenvalue weighted by atomic mass is 79.9. The van der Waals surface area contributed by atoms with Crippen LogP contribution in [0.5, 0.6) is 0 Å². The summed E-state index contributed by atoms with van der Waals surface area (Å²) in [6, 6.07) is 7.80. The largest absolute Gasteiger partial charge is 0.366 e. The summed E-state index contributed by atoms with van der Waals surface area (Å²) in [4.78, 5) is 0. The van der Waals surface area contributed by atoms with Crippen molar-refractivity contribution in [3.63, 3.8) is 0 Å². The van der Waals surface area contributed by atoms with Crippen LogP contribution in [0, 0.1) is 0 Å². The van der Waals surface area contributed by atoms with E-state index in [0.29, 0.717) is 6.54 Å². The van der Waals surface area contributed by atoms with Gasteiger partial charge < -0.3 is 10.1 Å². The Morgan fingerprint density at radius 1 is 1.22 bits per heavy atom. The fourth-order valence-corrected chi connectivity index (χ4v) is 1.75. The monoisotopic (exact) mass is 321 g/mol. The van der Waals surface area contributed by atoms with Crippen molar-refractivity contribution < 1.29 is 13.5 Å². The first-order chi connectivity index (χ1) is 8.49. The Hall–Kier alpha value is -0.520. The van der Waals surface area contributed by atoms with Crippen LogP contribution in [0.1, 0.15) is 25.5 Å². The molecule has 0 bridgehead atoms. The van der Waals surface area contributed by atoms with Crippen molar-refractivity contribution in [2.24, 2.45) is 0 Å². The molecular formula is C13H18BrF2NO. The van der Waals surface area contributed by atoms with E-state index in [2.05, 4.69) is 21.2 Å². The summed E-state index contributed by atoms with van der Waals surface area (Å²) in [6.07, 6.45) is -2.79. The van der Waals surface area contributed by atoms with E-state index < -0.39 is 13.0 Å². The number of alkyl halides is 2. The molecule has 1 aromatic carbocycles. The van der Waals surface area contributed by atoms with E-state index in [0.717, 1.165) is 10.0 Å². The second-order valence-electron chi connectivity index (χ2n) is 4.33. The van der Waals surface area contributed by atoms with Crippen LogP contribution in [0.15, 0.2) is 28.7 Å². The van der Waals surface area contributed by atoms with Gasteiger partial charge in [0, 0.05) is 17.1 Å². The second kappa shape index (κ2) is 7.81. The predicted molar refractivity (Wildman–Crippen MR) is 72.0 cm³/mol. The third-order valence-electron chi connectivity index (χ3n) is 2.38. The van der Waals surface area contributed by atoms with Crippen LogP contribution < -0.4 is 5.32 Å². The summed E-state index contributed by atoms with van der Waals surface area (Å²) in [5.74, 6) is 0. The molecule has 2 nitrogen and oxygen atoms in total. The maximum atomic E-state index is 12.2. The molecule has 102 valence electrons. The van der Waals surface area contributed by atoms with Gasteiger partial charge in [0.25, 0.3) is 6.43 Å². The number of hydrogen-bond acceptors (Lipinski definition) is 2. The first-order valence-corrected chi connectivity index (χ1v) is 6.67. The minimum absolute atomic E-state index is 0.290. The lowest BCUT2D eigenvalue weighted by Crippen LogP contribution is -2.30. The van der Waals surface area contributed by atoms with Crippen molar-refractivity contribution >= 4 is 15.9 Å². The maximum absolute atomic E-state index is 12.2. The van der Waals surface area contributed by atoms with Gasteiger partial charge in [-0.2, -0.15) is 0 Å². The molecule has 1 atom stereocenters. The number of ether oxygens (including phenoxy) is 1. The van der Waals surface area contributed by atoms with Crippen molar-refractivity contribution in [1.29, 1.82) is 0 Å². The second-order valence-corrected chi connectivity index (χ2v) is 5.24. The van der Waals surface area contributed by atoms with E-state index >= 15 is 0 Å². The van der Waals surface area contributed by atoms with Gasteiger partial charge in [-0.05, 0) is 17.7 Å². The van der Waals surface area contributed by atoms with Crippen LogP contribution in [0.3, 0.4) is 0 Å². The molecule has 0 heterocycles. The molecule has 0 amide bonds. The molecule has 1 N–H and O–H groups in total. The average molecular weight is 322 g/mol.